The molecule has 0 fully saturated rings. The summed E-state index contributed by atoms with van der Waals surface area (Å²) >= 11 is 0. The summed E-state index contributed by atoms with van der Waals surface area (Å²) < 4.78 is 0. The molecule has 0 aliphatic heterocycles. The van der Waals surface area contributed by atoms with Crippen molar-refractivity contribution in [2.75, 3.05) is 0 Å². The predicted octanol–water partition coefficient (Wildman–Crippen LogP) is 2.37. The van der Waals surface area contributed by atoms with Crippen LogP contribution >= 0.6 is 0 Å². The summed E-state index contributed by atoms with van der Waals surface area (Å²) in [5.74, 6) is 0.404. The van der Waals surface area contributed by atoms with Crippen LogP contribution in [0, 0.1) is 5.92 Å². The molecule has 0 saturated heterocycles. The topological polar surface area (TPSA) is 26.0 Å². The molecule has 1 heteroatoms. The van der Waals surface area contributed by atoms with Crippen molar-refractivity contribution >= 4 is 0 Å². The fourth-order valence-corrected chi connectivity index (χ4v) is 1.44. The van der Waals surface area contributed by atoms with E-state index in [2.05, 4.69) is 26.2 Å². The van der Waals surface area contributed by atoms with E-state index in [1.807, 2.05) is 0 Å². The average Bonchev–Trinajstić information content (AvgIpc) is 1.94. The van der Waals surface area contributed by atoms with Crippen molar-refractivity contribution in [1.82, 2.24) is 0 Å². The van der Waals surface area contributed by atoms with Crippen LogP contribution in [0.1, 0.15) is 19.8 Å². The highest BCUT2D eigenvalue weighted by molar-refractivity contribution is 5.35. The molecule has 0 spiro atoms. The van der Waals surface area contributed by atoms with Gasteiger partial charge >= 0.3 is 0 Å². The minimum Gasteiger partial charge on any atom is -0.399 e. The fourth-order valence-electron chi connectivity index (χ4n) is 1.44. The number of allylic oxidation sites excluding steroid dienone is 3. The third-order valence-corrected chi connectivity index (χ3v) is 2.28. The Morgan fingerprint density at radius 2 is 2.36 bits per heavy atom. The van der Waals surface area contributed by atoms with Crippen LogP contribution in [-0.4, -0.2) is 0 Å². The first-order valence-electron chi connectivity index (χ1n) is 3.95. The summed E-state index contributed by atoms with van der Waals surface area (Å²) in [7, 11) is 0. The highest BCUT2D eigenvalue weighted by atomic mass is 14.6. The average molecular weight is 149 g/mol. The van der Waals surface area contributed by atoms with Crippen molar-refractivity contribution in [3.05, 3.63) is 36.1 Å². The Balaban J connectivity index is 2.86. The zero-order valence-electron chi connectivity index (χ0n) is 7.06. The second kappa shape index (κ2) is 2.95. The van der Waals surface area contributed by atoms with Crippen LogP contribution in [0.15, 0.2) is 36.1 Å². The van der Waals surface area contributed by atoms with Crippen molar-refractivity contribution < 1.29 is 0 Å². The molecule has 0 radical (unpaired) electrons. The van der Waals surface area contributed by atoms with Crippen molar-refractivity contribution in [2.24, 2.45) is 11.7 Å². The lowest BCUT2D eigenvalue weighted by atomic mass is 9.84. The second-order valence-corrected chi connectivity index (χ2v) is 3.10. The van der Waals surface area contributed by atoms with Crippen LogP contribution < -0.4 is 5.73 Å². The summed E-state index contributed by atoms with van der Waals surface area (Å²) in [6.07, 6.45) is 4.33. The summed E-state index contributed by atoms with van der Waals surface area (Å²) in [6.45, 7) is 9.85. The molecule has 1 nitrogen and oxygen atoms in total. The van der Waals surface area contributed by atoms with Gasteiger partial charge in [-0.2, -0.15) is 0 Å². The van der Waals surface area contributed by atoms with Gasteiger partial charge in [0.05, 0.1) is 0 Å². The van der Waals surface area contributed by atoms with Gasteiger partial charge in [0, 0.05) is 11.6 Å². The molecule has 0 saturated carbocycles. The highest BCUT2D eigenvalue weighted by Gasteiger charge is 2.16. The molecule has 0 aromatic carbocycles. The lowest BCUT2D eigenvalue weighted by Gasteiger charge is -2.22. The first-order valence-corrected chi connectivity index (χ1v) is 3.95. The summed E-state index contributed by atoms with van der Waals surface area (Å²) in [6, 6.07) is 0. The largest absolute Gasteiger partial charge is 0.399 e. The zero-order valence-corrected chi connectivity index (χ0v) is 7.06. The van der Waals surface area contributed by atoms with Gasteiger partial charge in [0.25, 0.3) is 0 Å². The van der Waals surface area contributed by atoms with E-state index in [-0.39, 0.29) is 0 Å². The minimum atomic E-state index is 0.404. The molecule has 1 atom stereocenters. The number of nitrogens with two attached hydrogens (primary N) is 1. The molecule has 0 bridgehead atoms. The number of hydrogen-bond donors (Lipinski definition) is 1. The normalized spacial score (nSPS) is 24.6. The van der Waals surface area contributed by atoms with Gasteiger partial charge in [0.1, 0.15) is 0 Å². The molecule has 0 unspecified atom stereocenters. The summed E-state index contributed by atoms with van der Waals surface area (Å²) in [4.78, 5) is 0. The van der Waals surface area contributed by atoms with Crippen molar-refractivity contribution in [3.8, 4) is 0 Å². The molecular weight excluding hydrogens is 134 g/mol. The Kier molecular flexibility index (Phi) is 2.18. The number of rotatable bonds is 1. The molecule has 2 N–H and O–H groups in total. The first-order chi connectivity index (χ1) is 5.13. The monoisotopic (exact) mass is 149 g/mol. The highest BCUT2D eigenvalue weighted by Crippen LogP contribution is 2.30. The van der Waals surface area contributed by atoms with Gasteiger partial charge in [-0.15, -0.1) is 0 Å². The molecule has 60 valence electrons. The van der Waals surface area contributed by atoms with E-state index < -0.39 is 0 Å². The van der Waals surface area contributed by atoms with Crippen LogP contribution in [0.4, 0.5) is 0 Å². The van der Waals surface area contributed by atoms with Gasteiger partial charge in [0.15, 0.2) is 0 Å². The van der Waals surface area contributed by atoms with Crippen LogP contribution in [0.5, 0.6) is 0 Å². The van der Waals surface area contributed by atoms with Gasteiger partial charge in [-0.25, -0.2) is 0 Å². The molecule has 1 aliphatic rings. The molecule has 0 amide bonds. The Morgan fingerprint density at radius 1 is 1.73 bits per heavy atom. The maximum Gasteiger partial charge on any atom is 0.0276 e. The Hall–Kier alpha value is -0.980. The predicted molar refractivity (Wildman–Crippen MR) is 48.9 cm³/mol. The number of hydrogen-bond acceptors (Lipinski definition) is 1. The van der Waals surface area contributed by atoms with Gasteiger partial charge in [-0.05, 0) is 18.4 Å². The minimum absolute atomic E-state index is 0.404. The standard InChI is InChI=1S/C10H15N/c1-7-5-4-6-10(8(7)2)9(3)11/h6,8H,1,3-5,11H2,2H3/t8-/m1/s1. The van der Waals surface area contributed by atoms with Crippen LogP contribution in [-0.2, 0) is 0 Å². The van der Waals surface area contributed by atoms with Gasteiger partial charge in [0.2, 0.25) is 0 Å². The van der Waals surface area contributed by atoms with E-state index in [4.69, 9.17) is 5.73 Å². The maximum atomic E-state index is 5.62. The third-order valence-electron chi connectivity index (χ3n) is 2.28. The quantitative estimate of drug-likeness (QED) is 0.569. The van der Waals surface area contributed by atoms with Crippen LogP contribution in [0.2, 0.25) is 0 Å². The molecule has 11 heavy (non-hydrogen) atoms. The SMILES string of the molecule is C=C(N)C1=CCCC(=C)[C@H]1C. The molecule has 1 rings (SSSR count). The Morgan fingerprint density at radius 3 is 2.82 bits per heavy atom. The van der Waals surface area contributed by atoms with Crippen molar-refractivity contribution in [2.45, 2.75) is 19.8 Å². The Labute approximate surface area is 68.3 Å². The molecule has 1 aliphatic carbocycles. The first kappa shape index (κ1) is 8.12. The van der Waals surface area contributed by atoms with Crippen LogP contribution in [0.3, 0.4) is 0 Å². The lowest BCUT2D eigenvalue weighted by molar-refractivity contribution is 0.709. The fraction of sp³-hybridized carbons (Fsp3) is 0.400. The smallest absolute Gasteiger partial charge is 0.0276 e. The van der Waals surface area contributed by atoms with Gasteiger partial charge < -0.3 is 5.73 Å². The van der Waals surface area contributed by atoms with E-state index in [0.29, 0.717) is 11.6 Å². The molecule has 0 aromatic rings. The lowest BCUT2D eigenvalue weighted by Crippen LogP contribution is -2.13. The van der Waals surface area contributed by atoms with E-state index >= 15 is 0 Å². The van der Waals surface area contributed by atoms with Crippen LogP contribution in [0.25, 0.3) is 0 Å². The summed E-state index contributed by atoms with van der Waals surface area (Å²) in [5.41, 5.74) is 8.75. The molecule has 0 aromatic heterocycles. The maximum absolute atomic E-state index is 5.62. The Bertz CT molecular complexity index is 223. The second-order valence-electron chi connectivity index (χ2n) is 3.10. The third kappa shape index (κ3) is 1.53. The van der Waals surface area contributed by atoms with Crippen molar-refractivity contribution in [1.29, 1.82) is 0 Å². The molecule has 0 heterocycles. The van der Waals surface area contributed by atoms with Crippen molar-refractivity contribution in [3.63, 3.8) is 0 Å². The van der Waals surface area contributed by atoms with Gasteiger partial charge in [-0.3, -0.25) is 0 Å². The zero-order chi connectivity index (χ0) is 8.43. The van der Waals surface area contributed by atoms with E-state index in [9.17, 15) is 0 Å². The van der Waals surface area contributed by atoms with Gasteiger partial charge in [-0.1, -0.05) is 31.7 Å². The molecular formula is C10H15N. The van der Waals surface area contributed by atoms with E-state index in [0.717, 1.165) is 12.8 Å². The summed E-state index contributed by atoms with van der Waals surface area (Å²) in [5, 5.41) is 0. The van der Waals surface area contributed by atoms with E-state index in [1.165, 1.54) is 11.1 Å². The van der Waals surface area contributed by atoms with E-state index in [1.54, 1.807) is 0 Å².